The van der Waals surface area contributed by atoms with Gasteiger partial charge in [-0.25, -0.2) is 4.99 Å². The highest BCUT2D eigenvalue weighted by molar-refractivity contribution is 5.80. The van der Waals surface area contributed by atoms with Crippen LogP contribution in [0, 0.1) is 13.8 Å². The molecule has 1 aromatic carbocycles. The Balaban J connectivity index is 1.45. The van der Waals surface area contributed by atoms with Crippen molar-refractivity contribution in [1.29, 1.82) is 0 Å². The van der Waals surface area contributed by atoms with Crippen LogP contribution in [-0.4, -0.2) is 28.3 Å². The normalized spacial score (nSPS) is 16.4. The van der Waals surface area contributed by atoms with Gasteiger partial charge in [-0.1, -0.05) is 24.3 Å². The summed E-state index contributed by atoms with van der Waals surface area (Å²) in [5.74, 6) is 1.83. The number of aliphatic imine (C=N–C) groups is 1. The monoisotopic (exact) mass is 405 g/mol. The van der Waals surface area contributed by atoms with Crippen molar-refractivity contribution in [2.75, 3.05) is 6.54 Å². The number of hydrogen-bond donors (Lipinski definition) is 2. The van der Waals surface area contributed by atoms with Crippen molar-refractivity contribution in [3.8, 4) is 0 Å². The molecule has 0 saturated carbocycles. The molecule has 1 unspecified atom stereocenters. The molecule has 1 aliphatic rings. The van der Waals surface area contributed by atoms with E-state index >= 15 is 0 Å². The maximum atomic E-state index is 5.46. The molecular formula is C24H31N5O. The van der Waals surface area contributed by atoms with E-state index in [-0.39, 0.29) is 0 Å². The Morgan fingerprint density at radius 3 is 2.77 bits per heavy atom. The van der Waals surface area contributed by atoms with Crippen LogP contribution >= 0.6 is 0 Å². The van der Waals surface area contributed by atoms with Crippen molar-refractivity contribution in [1.82, 2.24) is 20.4 Å². The van der Waals surface area contributed by atoms with Crippen LogP contribution in [0.1, 0.15) is 40.3 Å². The number of aryl methyl sites for hydroxylation is 3. The summed E-state index contributed by atoms with van der Waals surface area (Å²) in [5.41, 5.74) is 6.31. The fraction of sp³-hybridized carbons (Fsp3) is 0.417. The molecule has 0 radical (unpaired) electrons. The van der Waals surface area contributed by atoms with Crippen LogP contribution in [0.15, 0.2) is 52.1 Å². The summed E-state index contributed by atoms with van der Waals surface area (Å²) in [5, 5.41) is 11.7. The molecule has 2 aromatic heterocycles. The van der Waals surface area contributed by atoms with E-state index in [0.717, 1.165) is 55.3 Å². The molecule has 30 heavy (non-hydrogen) atoms. The van der Waals surface area contributed by atoms with Crippen molar-refractivity contribution < 1.29 is 4.42 Å². The molecule has 0 saturated heterocycles. The van der Waals surface area contributed by atoms with E-state index < -0.39 is 0 Å². The Labute approximate surface area is 178 Å². The van der Waals surface area contributed by atoms with Crippen molar-refractivity contribution in [3.63, 3.8) is 0 Å². The van der Waals surface area contributed by atoms with Gasteiger partial charge in [0.15, 0.2) is 5.96 Å². The van der Waals surface area contributed by atoms with Crippen LogP contribution in [0.25, 0.3) is 0 Å². The van der Waals surface area contributed by atoms with Gasteiger partial charge < -0.3 is 15.1 Å². The Kier molecular flexibility index (Phi) is 6.21. The Hall–Kier alpha value is -3.02. The number of fused-ring (bicyclic) bond motifs is 1. The highest BCUT2D eigenvalue weighted by Gasteiger charge is 2.19. The van der Waals surface area contributed by atoms with E-state index in [1.165, 1.54) is 16.7 Å². The smallest absolute Gasteiger partial charge is 0.191 e. The number of rotatable bonds is 6. The van der Waals surface area contributed by atoms with Crippen molar-refractivity contribution in [2.24, 2.45) is 12.0 Å². The van der Waals surface area contributed by atoms with Crippen LogP contribution < -0.4 is 10.6 Å². The summed E-state index contributed by atoms with van der Waals surface area (Å²) in [6.07, 6.45) is 5.79. The van der Waals surface area contributed by atoms with Gasteiger partial charge in [0.1, 0.15) is 5.76 Å². The Morgan fingerprint density at radius 1 is 1.20 bits per heavy atom. The van der Waals surface area contributed by atoms with Gasteiger partial charge in [0.05, 0.1) is 18.5 Å². The zero-order valence-electron chi connectivity index (χ0n) is 18.1. The number of nitrogens with zero attached hydrogens (tertiary/aromatic N) is 3. The first-order valence-electron chi connectivity index (χ1n) is 10.7. The second kappa shape index (κ2) is 9.20. The average Bonchev–Trinajstić information content (AvgIpc) is 3.34. The topological polar surface area (TPSA) is 67.4 Å². The molecule has 1 aliphatic carbocycles. The maximum absolute atomic E-state index is 5.46. The molecule has 0 bridgehead atoms. The summed E-state index contributed by atoms with van der Waals surface area (Å²) in [6, 6.07) is 13.1. The predicted octanol–water partition coefficient (Wildman–Crippen LogP) is 3.47. The van der Waals surface area contributed by atoms with Gasteiger partial charge in [-0.2, -0.15) is 5.10 Å². The van der Waals surface area contributed by atoms with Gasteiger partial charge in [-0.3, -0.25) is 4.68 Å². The van der Waals surface area contributed by atoms with Crippen LogP contribution in [0.2, 0.25) is 0 Å². The fourth-order valence-electron chi connectivity index (χ4n) is 4.13. The molecule has 6 nitrogen and oxygen atoms in total. The third kappa shape index (κ3) is 4.75. The summed E-state index contributed by atoms with van der Waals surface area (Å²) in [4.78, 5) is 4.91. The van der Waals surface area contributed by atoms with Crippen molar-refractivity contribution >= 4 is 5.96 Å². The van der Waals surface area contributed by atoms with E-state index in [1.807, 2.05) is 30.8 Å². The molecule has 0 aliphatic heterocycles. The largest absolute Gasteiger partial charge is 0.469 e. The van der Waals surface area contributed by atoms with E-state index in [2.05, 4.69) is 46.9 Å². The summed E-state index contributed by atoms with van der Waals surface area (Å²) in [6.45, 7) is 5.53. The number of benzene rings is 1. The lowest BCUT2D eigenvalue weighted by Crippen LogP contribution is -2.46. The average molecular weight is 406 g/mol. The molecule has 0 spiro atoms. The molecule has 3 aromatic rings. The third-order valence-electron chi connectivity index (χ3n) is 5.99. The molecule has 2 heterocycles. The molecule has 2 N–H and O–H groups in total. The lowest BCUT2D eigenvalue weighted by atomic mass is 9.88. The standard InChI is InChI=1S/C24H31N5O/c1-17-23(18(2)29(3)28-17)16-26-24(25-13-12-22-9-6-14-30-22)27-21-11-10-19-7-4-5-8-20(19)15-21/h4-9,14,21H,10-13,15-16H2,1-3H3,(H2,25,26,27). The second-order valence-corrected chi connectivity index (χ2v) is 8.05. The number of guanidine groups is 1. The zero-order chi connectivity index (χ0) is 20.9. The number of aromatic nitrogens is 2. The highest BCUT2D eigenvalue weighted by Crippen LogP contribution is 2.21. The first-order chi connectivity index (χ1) is 14.6. The maximum Gasteiger partial charge on any atom is 0.191 e. The number of nitrogens with one attached hydrogen (secondary N) is 2. The Bertz CT molecular complexity index is 1000. The minimum atomic E-state index is 0.380. The van der Waals surface area contributed by atoms with Gasteiger partial charge in [0, 0.05) is 37.3 Å². The van der Waals surface area contributed by atoms with E-state index in [1.54, 1.807) is 6.26 Å². The quantitative estimate of drug-likeness (QED) is 0.487. The van der Waals surface area contributed by atoms with E-state index in [9.17, 15) is 0 Å². The molecule has 0 amide bonds. The van der Waals surface area contributed by atoms with Gasteiger partial charge in [0.25, 0.3) is 0 Å². The SMILES string of the molecule is Cc1nn(C)c(C)c1CN=C(NCCc1ccco1)NC1CCc2ccccc2C1. The first-order valence-corrected chi connectivity index (χ1v) is 10.7. The Morgan fingerprint density at radius 2 is 2.03 bits per heavy atom. The third-order valence-corrected chi connectivity index (χ3v) is 5.99. The molecule has 1 atom stereocenters. The minimum absolute atomic E-state index is 0.380. The van der Waals surface area contributed by atoms with Crippen molar-refractivity contribution in [3.05, 3.63) is 76.5 Å². The molecular weight excluding hydrogens is 374 g/mol. The highest BCUT2D eigenvalue weighted by atomic mass is 16.3. The second-order valence-electron chi connectivity index (χ2n) is 8.05. The van der Waals surface area contributed by atoms with Gasteiger partial charge in [0.2, 0.25) is 0 Å². The summed E-state index contributed by atoms with van der Waals surface area (Å²) >= 11 is 0. The lowest BCUT2D eigenvalue weighted by Gasteiger charge is -2.27. The van der Waals surface area contributed by atoms with Crippen LogP contribution in [-0.2, 0) is 32.9 Å². The van der Waals surface area contributed by atoms with Crippen LogP contribution in [0.5, 0.6) is 0 Å². The van der Waals surface area contributed by atoms with Crippen LogP contribution in [0.3, 0.4) is 0 Å². The van der Waals surface area contributed by atoms with E-state index in [0.29, 0.717) is 12.6 Å². The minimum Gasteiger partial charge on any atom is -0.469 e. The number of hydrogen-bond acceptors (Lipinski definition) is 3. The van der Waals surface area contributed by atoms with Gasteiger partial charge in [-0.15, -0.1) is 0 Å². The zero-order valence-corrected chi connectivity index (χ0v) is 18.1. The predicted molar refractivity (Wildman–Crippen MR) is 120 cm³/mol. The fourth-order valence-corrected chi connectivity index (χ4v) is 4.13. The summed E-state index contributed by atoms with van der Waals surface area (Å²) in [7, 11) is 1.98. The molecule has 158 valence electrons. The van der Waals surface area contributed by atoms with E-state index in [4.69, 9.17) is 9.41 Å². The lowest BCUT2D eigenvalue weighted by molar-refractivity contribution is 0.501. The summed E-state index contributed by atoms with van der Waals surface area (Å²) < 4.78 is 7.38. The number of furan rings is 1. The molecule has 6 heteroatoms. The molecule has 0 fully saturated rings. The van der Waals surface area contributed by atoms with Crippen molar-refractivity contribution in [2.45, 2.75) is 52.1 Å². The first kappa shape index (κ1) is 20.3. The molecule has 4 rings (SSSR count). The van der Waals surface area contributed by atoms with Gasteiger partial charge >= 0.3 is 0 Å². The van der Waals surface area contributed by atoms with Crippen LogP contribution in [0.4, 0.5) is 0 Å². The van der Waals surface area contributed by atoms with Gasteiger partial charge in [-0.05, 0) is 56.4 Å².